The molecule has 1 amide bonds. The van der Waals surface area contributed by atoms with Gasteiger partial charge in [-0.25, -0.2) is 0 Å². The van der Waals surface area contributed by atoms with Gasteiger partial charge in [-0.1, -0.05) is 47.5 Å². The van der Waals surface area contributed by atoms with Gasteiger partial charge in [-0.2, -0.15) is 0 Å². The second-order valence-electron chi connectivity index (χ2n) is 8.52. The first-order valence-electron chi connectivity index (χ1n) is 10.9. The van der Waals surface area contributed by atoms with Gasteiger partial charge >= 0.3 is 5.97 Å². The molecular formula is C25H26Cl2N2O5. The van der Waals surface area contributed by atoms with Crippen LogP contribution in [0.1, 0.15) is 40.4 Å². The van der Waals surface area contributed by atoms with Crippen molar-refractivity contribution >= 4 is 46.0 Å². The van der Waals surface area contributed by atoms with Crippen LogP contribution in [0.2, 0.25) is 10.0 Å². The number of nitrogens with one attached hydrogen (secondary N) is 1. The largest absolute Gasteiger partial charge is 0.481 e. The number of carboxylic acids is 1. The molecule has 1 aliphatic rings. The molecule has 7 nitrogen and oxygen atoms in total. The highest BCUT2D eigenvalue weighted by atomic mass is 35.5. The lowest BCUT2D eigenvalue weighted by Crippen LogP contribution is -2.47. The number of methoxy groups -OCH3 is 1. The number of halogens is 2. The number of aliphatic carboxylic acids is 1. The van der Waals surface area contributed by atoms with Crippen molar-refractivity contribution in [2.45, 2.75) is 24.3 Å². The average molecular weight is 505 g/mol. The first-order valence-corrected chi connectivity index (χ1v) is 11.7. The Kier molecular flexibility index (Phi) is 7.19. The van der Waals surface area contributed by atoms with Gasteiger partial charge in [0.15, 0.2) is 0 Å². The number of aryl methyl sites for hydroxylation is 1. The zero-order chi connectivity index (χ0) is 24.5. The van der Waals surface area contributed by atoms with E-state index in [0.29, 0.717) is 59.4 Å². The number of aromatic nitrogens is 1. The summed E-state index contributed by atoms with van der Waals surface area (Å²) >= 11 is 12.5. The van der Waals surface area contributed by atoms with Crippen molar-refractivity contribution in [2.24, 2.45) is 7.05 Å². The van der Waals surface area contributed by atoms with Crippen LogP contribution in [0.5, 0.6) is 0 Å². The van der Waals surface area contributed by atoms with Crippen molar-refractivity contribution in [3.8, 4) is 0 Å². The molecular weight excluding hydrogens is 479 g/mol. The third kappa shape index (κ3) is 4.53. The highest BCUT2D eigenvalue weighted by molar-refractivity contribution is 6.45. The van der Waals surface area contributed by atoms with Gasteiger partial charge < -0.3 is 24.5 Å². The summed E-state index contributed by atoms with van der Waals surface area (Å²) < 4.78 is 12.5. The SMILES string of the molecule is COCCC(C(=O)O)c1ccc(C2(NC(=O)c3cc4c(Cl)c(Cl)ccc4n3C)CCOC2)cc1. The number of rotatable bonds is 8. The lowest BCUT2D eigenvalue weighted by molar-refractivity contribution is -0.139. The minimum atomic E-state index is -0.897. The smallest absolute Gasteiger partial charge is 0.311 e. The van der Waals surface area contributed by atoms with Gasteiger partial charge in [-0.15, -0.1) is 0 Å². The van der Waals surface area contributed by atoms with Crippen LogP contribution in [0.4, 0.5) is 0 Å². The Morgan fingerprint density at radius 3 is 2.59 bits per heavy atom. The van der Waals surface area contributed by atoms with Gasteiger partial charge in [0.2, 0.25) is 0 Å². The van der Waals surface area contributed by atoms with Crippen molar-refractivity contribution in [1.82, 2.24) is 9.88 Å². The summed E-state index contributed by atoms with van der Waals surface area (Å²) in [5, 5.41) is 14.3. The van der Waals surface area contributed by atoms with Gasteiger partial charge in [0, 0.05) is 44.7 Å². The molecule has 0 radical (unpaired) electrons. The molecule has 0 saturated carbocycles. The molecule has 180 valence electrons. The van der Waals surface area contributed by atoms with E-state index in [0.717, 1.165) is 11.1 Å². The van der Waals surface area contributed by atoms with Crippen LogP contribution in [0.3, 0.4) is 0 Å². The Bertz CT molecular complexity index is 1220. The molecule has 34 heavy (non-hydrogen) atoms. The third-order valence-corrected chi connectivity index (χ3v) is 7.31. The molecule has 2 N–H and O–H groups in total. The molecule has 1 aromatic heterocycles. The summed E-state index contributed by atoms with van der Waals surface area (Å²) in [4.78, 5) is 25.1. The van der Waals surface area contributed by atoms with Crippen molar-refractivity contribution in [3.63, 3.8) is 0 Å². The lowest BCUT2D eigenvalue weighted by Gasteiger charge is -2.30. The van der Waals surface area contributed by atoms with E-state index in [2.05, 4.69) is 5.32 Å². The molecule has 1 saturated heterocycles. The molecule has 0 aliphatic carbocycles. The van der Waals surface area contributed by atoms with Crippen LogP contribution >= 0.6 is 23.2 Å². The van der Waals surface area contributed by atoms with E-state index < -0.39 is 17.4 Å². The molecule has 1 fully saturated rings. The predicted octanol–water partition coefficient (Wildman–Crippen LogP) is 4.74. The van der Waals surface area contributed by atoms with E-state index in [9.17, 15) is 14.7 Å². The molecule has 2 heterocycles. The van der Waals surface area contributed by atoms with Gasteiger partial charge in [-0.3, -0.25) is 9.59 Å². The third-order valence-electron chi connectivity index (χ3n) is 6.49. The maximum absolute atomic E-state index is 13.4. The fourth-order valence-corrected chi connectivity index (χ4v) is 4.89. The number of carbonyl (C=O) groups excluding carboxylic acids is 1. The van der Waals surface area contributed by atoms with E-state index in [1.165, 1.54) is 0 Å². The van der Waals surface area contributed by atoms with E-state index >= 15 is 0 Å². The Morgan fingerprint density at radius 1 is 1.24 bits per heavy atom. The molecule has 4 rings (SSSR count). The molecule has 0 bridgehead atoms. The summed E-state index contributed by atoms with van der Waals surface area (Å²) in [6, 6.07) is 12.6. The number of benzene rings is 2. The maximum Gasteiger partial charge on any atom is 0.311 e. The maximum atomic E-state index is 13.4. The van der Waals surface area contributed by atoms with Gasteiger partial charge in [-0.05, 0) is 35.7 Å². The predicted molar refractivity (Wildman–Crippen MR) is 131 cm³/mol. The Balaban J connectivity index is 1.63. The Hall–Kier alpha value is -2.58. The van der Waals surface area contributed by atoms with E-state index in [-0.39, 0.29) is 5.91 Å². The van der Waals surface area contributed by atoms with Crippen LogP contribution < -0.4 is 5.32 Å². The minimum Gasteiger partial charge on any atom is -0.481 e. The van der Waals surface area contributed by atoms with Crippen LogP contribution in [-0.2, 0) is 26.9 Å². The number of carboxylic acid groups (broad SMARTS) is 1. The zero-order valence-corrected chi connectivity index (χ0v) is 20.4. The van der Waals surface area contributed by atoms with Crippen LogP contribution in [0, 0.1) is 0 Å². The molecule has 0 spiro atoms. The quantitative estimate of drug-likeness (QED) is 0.462. The van der Waals surface area contributed by atoms with E-state index in [1.807, 2.05) is 18.2 Å². The number of fused-ring (bicyclic) bond motifs is 1. The summed E-state index contributed by atoms with van der Waals surface area (Å²) in [7, 11) is 3.35. The summed E-state index contributed by atoms with van der Waals surface area (Å²) in [6.07, 6.45) is 0.977. The van der Waals surface area contributed by atoms with E-state index in [1.54, 1.807) is 43.0 Å². The minimum absolute atomic E-state index is 0.260. The van der Waals surface area contributed by atoms with E-state index in [4.69, 9.17) is 32.7 Å². The van der Waals surface area contributed by atoms with Crippen LogP contribution in [0.15, 0.2) is 42.5 Å². The summed E-state index contributed by atoms with van der Waals surface area (Å²) in [5.41, 5.74) is 2.08. The summed E-state index contributed by atoms with van der Waals surface area (Å²) in [5.74, 6) is -1.82. The molecule has 2 unspecified atom stereocenters. The number of amides is 1. The second kappa shape index (κ2) is 9.96. The molecule has 2 aromatic carbocycles. The number of hydrogen-bond donors (Lipinski definition) is 2. The fraction of sp³-hybridized carbons (Fsp3) is 0.360. The zero-order valence-electron chi connectivity index (χ0n) is 18.9. The first-order chi connectivity index (χ1) is 16.3. The van der Waals surface area contributed by atoms with Gasteiger partial charge in [0.05, 0.1) is 28.1 Å². The fourth-order valence-electron chi connectivity index (χ4n) is 4.51. The molecule has 9 heteroatoms. The molecule has 2 atom stereocenters. The monoisotopic (exact) mass is 504 g/mol. The highest BCUT2D eigenvalue weighted by Gasteiger charge is 2.39. The first kappa shape index (κ1) is 24.5. The Morgan fingerprint density at radius 2 is 1.97 bits per heavy atom. The van der Waals surface area contributed by atoms with Crippen molar-refractivity contribution in [3.05, 3.63) is 69.3 Å². The number of ether oxygens (including phenoxy) is 2. The number of carbonyl (C=O) groups is 2. The van der Waals surface area contributed by atoms with Crippen molar-refractivity contribution < 1.29 is 24.2 Å². The van der Waals surface area contributed by atoms with Gasteiger partial charge in [0.25, 0.3) is 5.91 Å². The average Bonchev–Trinajstić information content (AvgIpc) is 3.42. The van der Waals surface area contributed by atoms with Gasteiger partial charge in [0.1, 0.15) is 5.69 Å². The molecule has 1 aliphatic heterocycles. The topological polar surface area (TPSA) is 89.8 Å². The Labute approximate surface area is 207 Å². The lowest BCUT2D eigenvalue weighted by atomic mass is 9.86. The normalized spacial score (nSPS) is 18.8. The van der Waals surface area contributed by atoms with Crippen LogP contribution in [-0.4, -0.2) is 48.5 Å². The standard InChI is InChI=1S/C25H26Cl2N2O5/c1-29-20-8-7-19(26)22(27)18(20)13-21(29)23(30)28-25(10-12-34-14-25)16-5-3-15(4-6-16)17(24(31)32)9-11-33-2/h3-8,13,17H,9-12,14H2,1-2H3,(H,28,30)(H,31,32). The summed E-state index contributed by atoms with van der Waals surface area (Å²) in [6.45, 7) is 1.18. The second-order valence-corrected chi connectivity index (χ2v) is 9.30. The van der Waals surface area contributed by atoms with Crippen molar-refractivity contribution in [2.75, 3.05) is 26.9 Å². The number of hydrogen-bond acceptors (Lipinski definition) is 4. The number of nitrogens with zero attached hydrogens (tertiary/aromatic N) is 1. The molecule has 3 aromatic rings. The highest BCUT2D eigenvalue weighted by Crippen LogP contribution is 2.35. The van der Waals surface area contributed by atoms with Crippen molar-refractivity contribution in [1.29, 1.82) is 0 Å². The van der Waals surface area contributed by atoms with Crippen LogP contribution in [0.25, 0.3) is 10.9 Å².